The molecular weight excluding hydrogens is 431 g/mol. The molecule has 1 aliphatic heterocycles. The largest absolute Gasteiger partial charge is 0.361 e. The molecule has 0 bridgehead atoms. The fraction of sp³-hybridized carbons (Fsp3) is 0.304. The number of aromatic nitrogens is 2. The van der Waals surface area contributed by atoms with E-state index in [9.17, 15) is 14.0 Å². The summed E-state index contributed by atoms with van der Waals surface area (Å²) in [4.78, 5) is 33.7. The first-order valence-corrected chi connectivity index (χ1v) is 11.3. The zero-order chi connectivity index (χ0) is 22.7. The number of halogens is 1. The number of pyridine rings is 1. The second kappa shape index (κ2) is 9.52. The van der Waals surface area contributed by atoms with E-state index < -0.39 is 0 Å². The minimum Gasteiger partial charge on any atom is -0.361 e. The summed E-state index contributed by atoms with van der Waals surface area (Å²) >= 11 is 1.48. The van der Waals surface area contributed by atoms with Gasteiger partial charge in [0.05, 0.1) is 11.3 Å². The number of carbonyl (C=O) groups is 2. The van der Waals surface area contributed by atoms with E-state index >= 15 is 0 Å². The van der Waals surface area contributed by atoms with Gasteiger partial charge in [0.15, 0.2) is 0 Å². The second-order valence-corrected chi connectivity index (χ2v) is 8.50. The number of rotatable bonds is 5. The third-order valence-corrected chi connectivity index (χ3v) is 6.51. The Bertz CT molecular complexity index is 1110. The van der Waals surface area contributed by atoms with Gasteiger partial charge >= 0.3 is 0 Å². The van der Waals surface area contributed by atoms with Crippen LogP contribution in [-0.4, -0.2) is 57.9 Å². The van der Waals surface area contributed by atoms with Crippen molar-refractivity contribution in [2.24, 2.45) is 0 Å². The summed E-state index contributed by atoms with van der Waals surface area (Å²) in [6.45, 7) is 5.45. The van der Waals surface area contributed by atoms with E-state index in [1.54, 1.807) is 28.1 Å². The molecule has 32 heavy (non-hydrogen) atoms. The van der Waals surface area contributed by atoms with E-state index in [1.165, 1.54) is 36.0 Å². The standard InChI is InChI=1S/C23H23FN4O3S/c1-15-20(16(2)31-26-15)14-32-21-19(4-3-9-25-21)23(30)28-12-10-27(11-13-28)22(29)17-5-7-18(24)8-6-17/h3-9H,10-14H2,1-2H3. The third kappa shape index (κ3) is 4.67. The van der Waals surface area contributed by atoms with Crippen molar-refractivity contribution < 1.29 is 18.5 Å². The van der Waals surface area contributed by atoms with Crippen molar-refractivity contribution in [1.82, 2.24) is 19.9 Å². The molecule has 1 fully saturated rings. The number of aryl methyl sites for hydroxylation is 2. The first-order chi connectivity index (χ1) is 15.4. The normalized spacial score (nSPS) is 14.0. The van der Waals surface area contributed by atoms with Gasteiger partial charge in [-0.2, -0.15) is 0 Å². The van der Waals surface area contributed by atoms with Crippen LogP contribution in [0.3, 0.4) is 0 Å². The molecule has 3 aromatic rings. The maximum Gasteiger partial charge on any atom is 0.256 e. The number of hydrogen-bond acceptors (Lipinski definition) is 6. The number of nitrogens with zero attached hydrogens (tertiary/aromatic N) is 4. The summed E-state index contributed by atoms with van der Waals surface area (Å²) in [6.07, 6.45) is 1.67. The van der Waals surface area contributed by atoms with Crippen LogP contribution < -0.4 is 0 Å². The van der Waals surface area contributed by atoms with Crippen molar-refractivity contribution in [3.8, 4) is 0 Å². The van der Waals surface area contributed by atoms with Gasteiger partial charge in [0.1, 0.15) is 16.6 Å². The number of thioether (sulfide) groups is 1. The summed E-state index contributed by atoms with van der Waals surface area (Å²) in [6, 6.07) is 9.04. The van der Waals surface area contributed by atoms with Crippen LogP contribution in [0.5, 0.6) is 0 Å². The van der Waals surface area contributed by atoms with Crippen LogP contribution >= 0.6 is 11.8 Å². The van der Waals surface area contributed by atoms with Crippen LogP contribution in [0.4, 0.5) is 4.39 Å². The fourth-order valence-electron chi connectivity index (χ4n) is 3.58. The van der Waals surface area contributed by atoms with Crippen molar-refractivity contribution in [3.05, 3.63) is 76.6 Å². The predicted octanol–water partition coefficient (Wildman–Crippen LogP) is 3.72. The van der Waals surface area contributed by atoms with Gasteiger partial charge in [-0.3, -0.25) is 9.59 Å². The average molecular weight is 455 g/mol. The lowest BCUT2D eigenvalue weighted by molar-refractivity contribution is 0.0533. The van der Waals surface area contributed by atoms with Crippen molar-refractivity contribution >= 4 is 23.6 Å². The van der Waals surface area contributed by atoms with Gasteiger partial charge in [-0.1, -0.05) is 5.16 Å². The third-order valence-electron chi connectivity index (χ3n) is 5.48. The Labute approximate surface area is 189 Å². The van der Waals surface area contributed by atoms with Crippen LogP contribution in [0.25, 0.3) is 0 Å². The van der Waals surface area contributed by atoms with Crippen LogP contribution in [0.15, 0.2) is 52.1 Å². The molecule has 0 atom stereocenters. The Kier molecular flexibility index (Phi) is 6.55. The molecule has 166 valence electrons. The first-order valence-electron chi connectivity index (χ1n) is 10.3. The molecule has 0 N–H and O–H groups in total. The molecule has 2 amide bonds. The Morgan fingerprint density at radius 2 is 1.69 bits per heavy atom. The maximum absolute atomic E-state index is 13.2. The van der Waals surface area contributed by atoms with Gasteiger partial charge in [0.2, 0.25) is 0 Å². The Balaban J connectivity index is 1.40. The van der Waals surface area contributed by atoms with Crippen LogP contribution in [-0.2, 0) is 5.75 Å². The van der Waals surface area contributed by atoms with E-state index in [4.69, 9.17) is 4.52 Å². The summed E-state index contributed by atoms with van der Waals surface area (Å²) in [5.41, 5.74) is 2.83. The topological polar surface area (TPSA) is 79.5 Å². The van der Waals surface area contributed by atoms with Crippen molar-refractivity contribution in [1.29, 1.82) is 0 Å². The quantitative estimate of drug-likeness (QED) is 0.547. The number of benzene rings is 1. The smallest absolute Gasteiger partial charge is 0.256 e. The zero-order valence-corrected chi connectivity index (χ0v) is 18.7. The molecule has 0 aliphatic carbocycles. The summed E-state index contributed by atoms with van der Waals surface area (Å²) < 4.78 is 18.3. The van der Waals surface area contributed by atoms with Gasteiger partial charge in [-0.25, -0.2) is 9.37 Å². The van der Waals surface area contributed by atoms with Gasteiger partial charge in [-0.15, -0.1) is 11.8 Å². The Morgan fingerprint density at radius 3 is 2.31 bits per heavy atom. The van der Waals surface area contributed by atoms with Crippen molar-refractivity contribution in [2.75, 3.05) is 26.2 Å². The summed E-state index contributed by atoms with van der Waals surface area (Å²) in [5, 5.41) is 4.63. The van der Waals surface area contributed by atoms with Gasteiger partial charge in [0, 0.05) is 49.3 Å². The highest BCUT2D eigenvalue weighted by Crippen LogP contribution is 2.28. The predicted molar refractivity (Wildman–Crippen MR) is 118 cm³/mol. The highest BCUT2D eigenvalue weighted by atomic mass is 32.2. The molecule has 0 unspecified atom stereocenters. The second-order valence-electron chi connectivity index (χ2n) is 7.54. The molecule has 0 spiro atoms. The van der Waals surface area contributed by atoms with E-state index in [2.05, 4.69) is 10.1 Å². The lowest BCUT2D eigenvalue weighted by atomic mass is 10.1. The molecule has 1 saturated heterocycles. The lowest BCUT2D eigenvalue weighted by Gasteiger charge is -2.35. The molecule has 3 heterocycles. The van der Waals surface area contributed by atoms with Gasteiger partial charge in [-0.05, 0) is 50.2 Å². The number of piperazine rings is 1. The lowest BCUT2D eigenvalue weighted by Crippen LogP contribution is -2.50. The highest BCUT2D eigenvalue weighted by Gasteiger charge is 2.27. The molecule has 4 rings (SSSR count). The molecule has 9 heteroatoms. The van der Waals surface area contributed by atoms with Crippen molar-refractivity contribution in [3.63, 3.8) is 0 Å². The number of amides is 2. The Hall–Kier alpha value is -3.20. The minimum atomic E-state index is -0.378. The minimum absolute atomic E-state index is 0.103. The highest BCUT2D eigenvalue weighted by molar-refractivity contribution is 7.98. The monoisotopic (exact) mass is 454 g/mol. The molecule has 0 saturated carbocycles. The van der Waals surface area contributed by atoms with E-state index in [1.807, 2.05) is 13.8 Å². The SMILES string of the molecule is Cc1noc(C)c1CSc1ncccc1C(=O)N1CCN(C(=O)c2ccc(F)cc2)CC1. The summed E-state index contributed by atoms with van der Waals surface area (Å²) in [7, 11) is 0. The summed E-state index contributed by atoms with van der Waals surface area (Å²) in [5.74, 6) is 0.734. The number of hydrogen-bond donors (Lipinski definition) is 0. The maximum atomic E-state index is 13.2. The van der Waals surface area contributed by atoms with E-state index in [0.717, 1.165) is 17.0 Å². The van der Waals surface area contributed by atoms with E-state index in [-0.39, 0.29) is 17.6 Å². The van der Waals surface area contributed by atoms with Crippen LogP contribution in [0, 0.1) is 19.7 Å². The molecule has 0 radical (unpaired) electrons. The molecule has 1 aliphatic rings. The Morgan fingerprint density at radius 1 is 1.03 bits per heavy atom. The van der Waals surface area contributed by atoms with Crippen molar-refractivity contribution in [2.45, 2.75) is 24.6 Å². The fourth-order valence-corrected chi connectivity index (χ4v) is 4.71. The van der Waals surface area contributed by atoms with Crippen LogP contribution in [0.1, 0.15) is 37.7 Å². The molecular formula is C23H23FN4O3S. The van der Waals surface area contributed by atoms with Gasteiger partial charge in [0.25, 0.3) is 11.8 Å². The number of carbonyl (C=O) groups excluding carboxylic acids is 2. The van der Waals surface area contributed by atoms with Crippen LogP contribution in [0.2, 0.25) is 0 Å². The van der Waals surface area contributed by atoms with Gasteiger partial charge < -0.3 is 14.3 Å². The molecule has 2 aromatic heterocycles. The van der Waals surface area contributed by atoms with E-state index in [0.29, 0.717) is 48.1 Å². The average Bonchev–Trinajstić information content (AvgIpc) is 3.14. The molecule has 7 nitrogen and oxygen atoms in total. The first kappa shape index (κ1) is 22.0. The zero-order valence-electron chi connectivity index (χ0n) is 17.9. The molecule has 1 aromatic carbocycles.